The fourth-order valence-corrected chi connectivity index (χ4v) is 11.9. The second kappa shape index (κ2) is 16.9. The van der Waals surface area contributed by atoms with E-state index in [0.29, 0.717) is 6.42 Å². The maximum atomic E-state index is 12.4. The zero-order valence-electron chi connectivity index (χ0n) is 36.6. The average molecular weight is 795 g/mol. The summed E-state index contributed by atoms with van der Waals surface area (Å²) in [5.74, 6) is -1.85. The Morgan fingerprint density at radius 2 is 1.54 bits per heavy atom. The molecule has 0 radical (unpaired) electrons. The third kappa shape index (κ3) is 8.22. The van der Waals surface area contributed by atoms with Gasteiger partial charge in [0.25, 0.3) is 0 Å². The minimum atomic E-state index is -1.01. The van der Waals surface area contributed by atoms with Crippen molar-refractivity contribution in [3.63, 3.8) is 0 Å². The van der Waals surface area contributed by atoms with Crippen molar-refractivity contribution in [2.75, 3.05) is 27.9 Å². The van der Waals surface area contributed by atoms with Crippen molar-refractivity contribution in [1.82, 2.24) is 0 Å². The molecule has 12 nitrogen and oxygen atoms in total. The summed E-state index contributed by atoms with van der Waals surface area (Å²) < 4.78 is 64.6. The number of esters is 2. The van der Waals surface area contributed by atoms with E-state index in [-0.39, 0.29) is 109 Å². The lowest BCUT2D eigenvalue weighted by Crippen LogP contribution is -2.58. The van der Waals surface area contributed by atoms with Gasteiger partial charge in [0.05, 0.1) is 73.1 Å². The Labute approximate surface area is 336 Å². The minimum absolute atomic E-state index is 0.00645. The molecule has 322 valence electrons. The summed E-state index contributed by atoms with van der Waals surface area (Å²) in [5.41, 5.74) is -1.08. The van der Waals surface area contributed by atoms with Crippen LogP contribution in [0.25, 0.3) is 0 Å². The van der Waals surface area contributed by atoms with E-state index in [1.54, 1.807) is 14.2 Å². The normalized spacial score (nSPS) is 50.2. The molecule has 0 bridgehead atoms. The number of methoxy groups -OCH3 is 3. The first kappa shape index (κ1) is 44.2. The molecule has 19 atom stereocenters. The van der Waals surface area contributed by atoms with E-state index in [9.17, 15) is 9.59 Å². The third-order valence-electron chi connectivity index (χ3n) is 15.2. The van der Waals surface area contributed by atoms with Crippen LogP contribution in [0.4, 0.5) is 0 Å². The summed E-state index contributed by atoms with van der Waals surface area (Å²) in [4.78, 5) is 24.2. The molecule has 0 amide bonds. The first-order valence-corrected chi connectivity index (χ1v) is 21.7. The number of hydrogen-bond acceptors (Lipinski definition) is 12. The highest BCUT2D eigenvalue weighted by molar-refractivity contribution is 5.72. The molecule has 0 saturated carbocycles. The average Bonchev–Trinajstić information content (AvgIpc) is 3.83. The van der Waals surface area contributed by atoms with Crippen LogP contribution < -0.4 is 0 Å². The van der Waals surface area contributed by atoms with Gasteiger partial charge in [0.15, 0.2) is 5.79 Å². The lowest BCUT2D eigenvalue weighted by atomic mass is 9.78. The Balaban J connectivity index is 1.13. The fourth-order valence-electron chi connectivity index (χ4n) is 11.9. The first-order valence-electron chi connectivity index (χ1n) is 21.7. The molecule has 19 unspecified atom stereocenters. The molecule has 0 aromatic rings. The molecule has 0 aromatic carbocycles. The van der Waals surface area contributed by atoms with E-state index in [4.69, 9.17) is 47.4 Å². The van der Waals surface area contributed by atoms with Crippen LogP contribution in [-0.2, 0) is 57.0 Å². The maximum absolute atomic E-state index is 12.4. The van der Waals surface area contributed by atoms with Gasteiger partial charge in [-0.2, -0.15) is 0 Å². The van der Waals surface area contributed by atoms with Crippen LogP contribution in [0.2, 0.25) is 0 Å². The van der Waals surface area contributed by atoms with E-state index in [2.05, 4.69) is 55.4 Å². The lowest BCUT2D eigenvalue weighted by Gasteiger charge is -2.50. The molecule has 0 N–H and O–H groups in total. The maximum Gasteiger partial charge on any atom is 0.311 e. The summed E-state index contributed by atoms with van der Waals surface area (Å²) in [6.07, 6.45) is 6.63. The van der Waals surface area contributed by atoms with Gasteiger partial charge in [-0.05, 0) is 83.5 Å². The molecule has 12 heteroatoms. The van der Waals surface area contributed by atoms with E-state index in [1.165, 1.54) is 14.0 Å². The van der Waals surface area contributed by atoms with Crippen molar-refractivity contribution in [3.05, 3.63) is 0 Å². The second-order valence-corrected chi connectivity index (χ2v) is 19.4. The van der Waals surface area contributed by atoms with Crippen molar-refractivity contribution in [3.8, 4) is 0 Å². The zero-order valence-corrected chi connectivity index (χ0v) is 36.6. The number of ether oxygens (including phenoxy) is 10. The van der Waals surface area contributed by atoms with Gasteiger partial charge in [-0.15, -0.1) is 0 Å². The van der Waals surface area contributed by atoms with Crippen LogP contribution >= 0.6 is 0 Å². The molecule has 6 saturated heterocycles. The van der Waals surface area contributed by atoms with Gasteiger partial charge in [0.2, 0.25) is 5.79 Å². The molecule has 6 aliphatic rings. The number of carbonyl (C=O) groups excluding carboxylic acids is 2. The Morgan fingerprint density at radius 1 is 0.804 bits per heavy atom. The van der Waals surface area contributed by atoms with Gasteiger partial charge in [0.1, 0.15) is 6.61 Å². The van der Waals surface area contributed by atoms with E-state index in [0.717, 1.165) is 51.4 Å². The lowest BCUT2D eigenvalue weighted by molar-refractivity contribution is -0.353. The Bertz CT molecular complexity index is 1380. The Morgan fingerprint density at radius 3 is 2.20 bits per heavy atom. The van der Waals surface area contributed by atoms with Gasteiger partial charge < -0.3 is 47.4 Å². The fraction of sp³-hybridized carbons (Fsp3) is 0.955. The predicted molar refractivity (Wildman–Crippen MR) is 207 cm³/mol. The first-order chi connectivity index (χ1) is 26.3. The van der Waals surface area contributed by atoms with E-state index >= 15 is 0 Å². The molecule has 0 aromatic heterocycles. The van der Waals surface area contributed by atoms with Crippen molar-refractivity contribution in [1.29, 1.82) is 0 Å². The minimum Gasteiger partial charge on any atom is -0.469 e. The predicted octanol–water partition coefficient (Wildman–Crippen LogP) is 7.02. The highest BCUT2D eigenvalue weighted by atomic mass is 16.7. The highest BCUT2D eigenvalue weighted by Crippen LogP contribution is 2.57. The SMILES string of the molecule is COC(=O)C(C)C1OC(CC2CC(OC)C(C)C3(O2)OC(C)(C2CCC(C)(C4OC(C5OC(COC(C)=O)(OC)C(C)CC5C)CC4C)O2)CC3C)CCC1C. The van der Waals surface area contributed by atoms with Crippen LogP contribution in [0.5, 0.6) is 0 Å². The van der Waals surface area contributed by atoms with Gasteiger partial charge in [-0.25, -0.2) is 0 Å². The van der Waals surface area contributed by atoms with Crippen LogP contribution in [0, 0.1) is 41.4 Å². The van der Waals surface area contributed by atoms with Crippen molar-refractivity contribution >= 4 is 11.9 Å². The van der Waals surface area contributed by atoms with Gasteiger partial charge in [0, 0.05) is 51.7 Å². The van der Waals surface area contributed by atoms with Crippen molar-refractivity contribution in [2.24, 2.45) is 41.4 Å². The van der Waals surface area contributed by atoms with E-state index < -0.39 is 22.8 Å². The van der Waals surface area contributed by atoms with Crippen molar-refractivity contribution in [2.45, 2.75) is 199 Å². The summed E-state index contributed by atoms with van der Waals surface area (Å²) in [6, 6.07) is 0. The quantitative estimate of drug-likeness (QED) is 0.200. The topological polar surface area (TPSA) is 126 Å². The number of rotatable bonds is 11. The van der Waals surface area contributed by atoms with Crippen LogP contribution in [0.3, 0.4) is 0 Å². The molecule has 6 heterocycles. The van der Waals surface area contributed by atoms with Gasteiger partial charge >= 0.3 is 11.9 Å². The van der Waals surface area contributed by atoms with Gasteiger partial charge in [-0.3, -0.25) is 9.59 Å². The molecular weight excluding hydrogens is 720 g/mol. The van der Waals surface area contributed by atoms with E-state index in [1.807, 2.05) is 6.92 Å². The Hall–Kier alpha value is -1.38. The second-order valence-electron chi connectivity index (χ2n) is 19.4. The summed E-state index contributed by atoms with van der Waals surface area (Å²) >= 11 is 0. The molecule has 6 rings (SSSR count). The van der Waals surface area contributed by atoms with Crippen molar-refractivity contribution < 1.29 is 57.0 Å². The van der Waals surface area contributed by atoms with Crippen LogP contribution in [0.1, 0.15) is 127 Å². The summed E-state index contributed by atoms with van der Waals surface area (Å²) in [5, 5.41) is 0. The smallest absolute Gasteiger partial charge is 0.311 e. The number of hydrogen-bond donors (Lipinski definition) is 0. The molecule has 1 spiro atoms. The summed E-state index contributed by atoms with van der Waals surface area (Å²) in [6.45, 7) is 20.9. The molecule has 56 heavy (non-hydrogen) atoms. The molecule has 6 aliphatic heterocycles. The standard InChI is InChI=1S/C44H74O12/c1-24-14-15-32(51-37(24)29(6)40(46)48-12)20-33-21-34(47-11)30(7)44(53-33)28(5)22-42(10,56-44)36-16-17-41(9,54-36)39-26(3)19-35(52-39)38-25(2)18-27(4)43(49-13,55-38)23-50-31(8)45/h24-30,32-39H,14-23H2,1-13H3. The molecular formula is C44H74O12. The number of carbonyl (C=O) groups is 2. The monoisotopic (exact) mass is 795 g/mol. The highest BCUT2D eigenvalue weighted by Gasteiger charge is 2.65. The summed E-state index contributed by atoms with van der Waals surface area (Å²) in [7, 11) is 4.86. The van der Waals surface area contributed by atoms with Crippen LogP contribution in [0.15, 0.2) is 0 Å². The zero-order chi connectivity index (χ0) is 41.0. The largest absolute Gasteiger partial charge is 0.469 e. The van der Waals surface area contributed by atoms with Crippen LogP contribution in [-0.4, -0.2) is 111 Å². The molecule has 0 aliphatic carbocycles. The van der Waals surface area contributed by atoms with Gasteiger partial charge in [-0.1, -0.05) is 41.5 Å². The third-order valence-corrected chi connectivity index (χ3v) is 15.2. The Kier molecular flexibility index (Phi) is 13.4. The molecule has 6 fully saturated rings.